The van der Waals surface area contributed by atoms with E-state index >= 15 is 0 Å². The van der Waals surface area contributed by atoms with E-state index in [0.717, 1.165) is 0 Å². The highest BCUT2D eigenvalue weighted by Crippen LogP contribution is 2.18. The zero-order chi connectivity index (χ0) is 15.1. The molecular formula is C11H14N6O2S2. The van der Waals surface area contributed by atoms with Gasteiger partial charge in [0.15, 0.2) is 11.0 Å². The Morgan fingerprint density at radius 1 is 1.57 bits per heavy atom. The van der Waals surface area contributed by atoms with Gasteiger partial charge in [0, 0.05) is 13.7 Å². The summed E-state index contributed by atoms with van der Waals surface area (Å²) in [6, 6.07) is 0. The Kier molecular flexibility index (Phi) is 5.84. The van der Waals surface area contributed by atoms with Crippen molar-refractivity contribution < 1.29 is 9.53 Å². The number of carbonyl (C=O) groups is 1. The molecule has 0 aromatic carbocycles. The number of hydrogen-bond acceptors (Lipinski definition) is 8. The van der Waals surface area contributed by atoms with Crippen LogP contribution in [0.2, 0.25) is 0 Å². The van der Waals surface area contributed by atoms with Gasteiger partial charge in [0.05, 0.1) is 5.75 Å². The Morgan fingerprint density at radius 2 is 2.43 bits per heavy atom. The predicted octanol–water partition coefficient (Wildman–Crippen LogP) is 1.19. The molecule has 10 heteroatoms. The molecule has 0 radical (unpaired) electrons. The topological polar surface area (TPSA) is 94.8 Å². The zero-order valence-electron chi connectivity index (χ0n) is 11.4. The zero-order valence-corrected chi connectivity index (χ0v) is 13.0. The lowest BCUT2D eigenvalue weighted by Gasteiger charge is -2.06. The van der Waals surface area contributed by atoms with Crippen LogP contribution >= 0.6 is 23.1 Å². The largest absolute Gasteiger partial charge is 0.377 e. The van der Waals surface area contributed by atoms with Crippen molar-refractivity contribution in [3.63, 3.8) is 0 Å². The fraction of sp³-hybridized carbons (Fsp3) is 0.364. The van der Waals surface area contributed by atoms with E-state index < -0.39 is 0 Å². The predicted molar refractivity (Wildman–Crippen MR) is 80.2 cm³/mol. The number of rotatable bonds is 8. The molecule has 8 nitrogen and oxygen atoms in total. The first kappa shape index (κ1) is 15.6. The Balaban J connectivity index is 1.95. The van der Waals surface area contributed by atoms with Crippen LogP contribution in [0.15, 0.2) is 23.3 Å². The summed E-state index contributed by atoms with van der Waals surface area (Å²) < 4.78 is 6.92. The van der Waals surface area contributed by atoms with Gasteiger partial charge in [-0.15, -0.1) is 27.0 Å². The monoisotopic (exact) mass is 326 g/mol. The van der Waals surface area contributed by atoms with Gasteiger partial charge in [0.25, 0.3) is 0 Å². The summed E-state index contributed by atoms with van der Waals surface area (Å²) in [6.45, 7) is 4.62. The minimum absolute atomic E-state index is 0.168. The molecule has 0 aliphatic carbocycles. The number of anilines is 1. The van der Waals surface area contributed by atoms with Crippen LogP contribution in [0, 0.1) is 0 Å². The van der Waals surface area contributed by atoms with E-state index in [-0.39, 0.29) is 11.7 Å². The van der Waals surface area contributed by atoms with E-state index in [1.807, 2.05) is 4.57 Å². The van der Waals surface area contributed by atoms with Gasteiger partial charge in [0.1, 0.15) is 12.1 Å². The fourth-order valence-electron chi connectivity index (χ4n) is 1.49. The van der Waals surface area contributed by atoms with Crippen LogP contribution in [-0.2, 0) is 22.7 Å². The highest BCUT2D eigenvalue weighted by molar-refractivity contribution is 7.99. The molecule has 0 aliphatic rings. The molecule has 0 saturated carbocycles. The first-order chi connectivity index (χ1) is 10.2. The number of amides is 1. The first-order valence-electron chi connectivity index (χ1n) is 5.95. The lowest BCUT2D eigenvalue weighted by Crippen LogP contribution is -2.14. The lowest BCUT2D eigenvalue weighted by molar-refractivity contribution is -0.113. The van der Waals surface area contributed by atoms with Crippen molar-refractivity contribution in [2.45, 2.75) is 18.3 Å². The van der Waals surface area contributed by atoms with Crippen LogP contribution < -0.4 is 5.32 Å². The smallest absolute Gasteiger partial charge is 0.236 e. The third-order valence-corrected chi connectivity index (χ3v) is 3.89. The summed E-state index contributed by atoms with van der Waals surface area (Å²) in [5.41, 5.74) is 1.56. The molecule has 0 spiro atoms. The van der Waals surface area contributed by atoms with E-state index in [1.54, 1.807) is 18.7 Å². The van der Waals surface area contributed by atoms with Crippen LogP contribution in [0.3, 0.4) is 0 Å². The van der Waals surface area contributed by atoms with E-state index in [0.29, 0.717) is 29.3 Å². The fourth-order valence-corrected chi connectivity index (χ4v) is 2.71. The maximum absolute atomic E-state index is 11.8. The van der Waals surface area contributed by atoms with Crippen LogP contribution in [0.25, 0.3) is 0 Å². The Morgan fingerprint density at radius 3 is 3.10 bits per heavy atom. The Labute approximate surface area is 129 Å². The molecule has 112 valence electrons. The summed E-state index contributed by atoms with van der Waals surface area (Å²) in [5, 5.41) is 19.3. The lowest BCUT2D eigenvalue weighted by atomic mass is 10.5. The van der Waals surface area contributed by atoms with E-state index in [1.165, 1.54) is 23.1 Å². The third kappa shape index (κ3) is 4.34. The van der Waals surface area contributed by atoms with Crippen LogP contribution in [0.1, 0.15) is 5.82 Å². The summed E-state index contributed by atoms with van der Waals surface area (Å²) in [7, 11) is 1.59. The minimum atomic E-state index is -0.168. The van der Waals surface area contributed by atoms with Crippen molar-refractivity contribution in [2.24, 2.45) is 0 Å². The normalized spacial score (nSPS) is 10.5. The van der Waals surface area contributed by atoms with Gasteiger partial charge in [-0.1, -0.05) is 29.2 Å². The Hall–Kier alpha value is -1.78. The second kappa shape index (κ2) is 7.86. The maximum Gasteiger partial charge on any atom is 0.236 e. The van der Waals surface area contributed by atoms with Gasteiger partial charge >= 0.3 is 0 Å². The SMILES string of the molecule is C=CCn1c(COC)nnc1SCC(=O)Nc1nncs1. The van der Waals surface area contributed by atoms with E-state index in [9.17, 15) is 4.79 Å². The van der Waals surface area contributed by atoms with Gasteiger partial charge in [-0.05, 0) is 0 Å². The number of aromatic nitrogens is 5. The molecule has 1 amide bonds. The number of allylic oxidation sites excluding steroid dienone is 1. The van der Waals surface area contributed by atoms with Gasteiger partial charge < -0.3 is 9.30 Å². The van der Waals surface area contributed by atoms with Crippen molar-refractivity contribution in [1.29, 1.82) is 0 Å². The van der Waals surface area contributed by atoms with E-state index in [2.05, 4.69) is 32.3 Å². The number of carbonyl (C=O) groups excluding carboxylic acids is 1. The number of nitrogens with one attached hydrogen (secondary N) is 1. The van der Waals surface area contributed by atoms with Crippen molar-refractivity contribution in [3.8, 4) is 0 Å². The van der Waals surface area contributed by atoms with Crippen LogP contribution in [0.4, 0.5) is 5.13 Å². The van der Waals surface area contributed by atoms with Crippen molar-refractivity contribution in [2.75, 3.05) is 18.2 Å². The van der Waals surface area contributed by atoms with Crippen molar-refractivity contribution in [1.82, 2.24) is 25.0 Å². The molecule has 2 heterocycles. The second-order valence-corrected chi connectivity index (χ2v) is 5.59. The highest BCUT2D eigenvalue weighted by atomic mass is 32.2. The quantitative estimate of drug-likeness (QED) is 0.575. The molecule has 2 aromatic rings. The number of nitrogens with zero attached hydrogens (tertiary/aromatic N) is 5. The summed E-state index contributed by atoms with van der Waals surface area (Å²) in [6.07, 6.45) is 1.74. The molecule has 1 N–H and O–H groups in total. The van der Waals surface area contributed by atoms with Gasteiger partial charge in [-0.3, -0.25) is 10.1 Å². The molecule has 0 saturated heterocycles. The van der Waals surface area contributed by atoms with E-state index in [4.69, 9.17) is 4.74 Å². The maximum atomic E-state index is 11.8. The molecule has 0 aliphatic heterocycles. The summed E-state index contributed by atoms with van der Waals surface area (Å²) >= 11 is 2.56. The first-order valence-corrected chi connectivity index (χ1v) is 7.81. The molecular weight excluding hydrogens is 312 g/mol. The van der Waals surface area contributed by atoms with Crippen LogP contribution in [0.5, 0.6) is 0 Å². The van der Waals surface area contributed by atoms with Gasteiger partial charge in [-0.2, -0.15) is 0 Å². The molecule has 21 heavy (non-hydrogen) atoms. The molecule has 0 fully saturated rings. The molecule has 2 rings (SSSR count). The van der Waals surface area contributed by atoms with Crippen molar-refractivity contribution in [3.05, 3.63) is 24.0 Å². The molecule has 0 bridgehead atoms. The standard InChI is InChI=1S/C11H14N6O2S2/c1-3-4-17-8(5-19-2)14-16-11(17)20-6-9(18)13-10-15-12-7-21-10/h3,7H,1,4-6H2,2H3,(H,13,15,18). The number of hydrogen-bond donors (Lipinski definition) is 1. The van der Waals surface area contributed by atoms with Gasteiger partial charge in [-0.25, -0.2) is 0 Å². The molecule has 0 unspecified atom stereocenters. The molecule has 0 atom stereocenters. The Bertz CT molecular complexity index is 598. The number of thioether (sulfide) groups is 1. The number of ether oxygens (including phenoxy) is 1. The average molecular weight is 326 g/mol. The molecule has 2 aromatic heterocycles. The summed E-state index contributed by atoms with van der Waals surface area (Å²) in [4.78, 5) is 11.8. The van der Waals surface area contributed by atoms with Gasteiger partial charge in [0.2, 0.25) is 11.0 Å². The van der Waals surface area contributed by atoms with Crippen molar-refractivity contribution >= 4 is 34.1 Å². The third-order valence-electron chi connectivity index (χ3n) is 2.32. The van der Waals surface area contributed by atoms with Crippen LogP contribution in [-0.4, -0.2) is 43.7 Å². The number of methoxy groups -OCH3 is 1. The minimum Gasteiger partial charge on any atom is -0.377 e. The highest BCUT2D eigenvalue weighted by Gasteiger charge is 2.13. The average Bonchev–Trinajstić information content (AvgIpc) is 3.09. The summed E-state index contributed by atoms with van der Waals surface area (Å²) in [5.74, 6) is 0.740. The second-order valence-electron chi connectivity index (χ2n) is 3.81.